The topological polar surface area (TPSA) is 0 Å². The fourth-order valence-corrected chi connectivity index (χ4v) is 6.50. The van der Waals surface area contributed by atoms with Crippen LogP contribution in [0.15, 0.2) is 34.7 Å². The zero-order chi connectivity index (χ0) is 10.7. The van der Waals surface area contributed by atoms with Crippen molar-refractivity contribution in [2.45, 2.75) is 32.2 Å². The second-order valence-corrected chi connectivity index (χ2v) is 9.06. The van der Waals surface area contributed by atoms with Crippen molar-refractivity contribution >= 4 is 18.5 Å². The van der Waals surface area contributed by atoms with Gasteiger partial charge in [0.2, 0.25) is 0 Å². The summed E-state index contributed by atoms with van der Waals surface area (Å²) >= 11 is 6.89. The first-order valence-electron chi connectivity index (χ1n) is 5.52. The van der Waals surface area contributed by atoms with E-state index in [0.29, 0.717) is 0 Å². The molecule has 0 unspecified atom stereocenters. The molecule has 0 nitrogen and oxygen atoms in total. The molecule has 0 atom stereocenters. The Kier molecular flexibility index (Phi) is 11.5. The van der Waals surface area contributed by atoms with Crippen LogP contribution in [0.1, 0.15) is 26.2 Å². The molecule has 18 heavy (non-hydrogen) atoms. The van der Waals surface area contributed by atoms with Crippen LogP contribution in [0.2, 0.25) is 6.04 Å². The summed E-state index contributed by atoms with van der Waals surface area (Å²) in [7, 11) is -1.97. The Morgan fingerprint density at radius 2 is 1.56 bits per heavy atom. The van der Waals surface area contributed by atoms with Crippen molar-refractivity contribution in [2.75, 3.05) is 0 Å². The third-order valence-corrected chi connectivity index (χ3v) is 8.21. The van der Waals surface area contributed by atoms with Gasteiger partial charge in [0.05, 0.1) is 0 Å². The van der Waals surface area contributed by atoms with Crippen molar-refractivity contribution in [1.82, 2.24) is 0 Å². The third kappa shape index (κ3) is 4.48. The van der Waals surface area contributed by atoms with Crippen LogP contribution in [0.3, 0.4) is 0 Å². The maximum absolute atomic E-state index is 6.89. The molecule has 0 heterocycles. The van der Waals surface area contributed by atoms with E-state index in [2.05, 4.69) is 43.4 Å². The number of rotatable bonds is 4. The Hall–Kier alpha value is 0.917. The van der Waals surface area contributed by atoms with Gasteiger partial charge in [0, 0.05) is 0 Å². The predicted molar refractivity (Wildman–Crippen MR) is 67.7 cm³/mol. The number of hydrogen-bond donors (Lipinski definition) is 0. The second kappa shape index (κ2) is 9.76. The smallest absolute Gasteiger partial charge is 1.00 e. The van der Waals surface area contributed by atoms with Crippen LogP contribution in [-0.2, 0) is 25.8 Å². The SMILES string of the molecule is CCC[Si](Cl)(C1=[C-]CC=C1)C1=[C-]CC=C1.[Cl-].[Cl-].[Hf+4]. The van der Waals surface area contributed by atoms with Crippen LogP contribution in [-0.4, -0.2) is 7.38 Å². The summed E-state index contributed by atoms with van der Waals surface area (Å²) in [5.74, 6) is 0. The molecule has 0 aromatic rings. The zero-order valence-corrected chi connectivity index (χ0v) is 17.1. The molecule has 0 aromatic heterocycles. The van der Waals surface area contributed by atoms with Gasteiger partial charge in [-0.3, -0.25) is 12.2 Å². The van der Waals surface area contributed by atoms with E-state index >= 15 is 0 Å². The molecule has 5 heteroatoms. The van der Waals surface area contributed by atoms with Crippen molar-refractivity contribution in [3.05, 3.63) is 46.8 Å². The van der Waals surface area contributed by atoms with Gasteiger partial charge in [-0.05, 0) is 6.04 Å². The van der Waals surface area contributed by atoms with Crippen molar-refractivity contribution in [2.24, 2.45) is 0 Å². The fourth-order valence-electron chi connectivity index (χ4n) is 2.11. The third-order valence-electron chi connectivity index (χ3n) is 2.84. The van der Waals surface area contributed by atoms with Gasteiger partial charge in [0.25, 0.3) is 0 Å². The fraction of sp³-hybridized carbons (Fsp3) is 0.385. The van der Waals surface area contributed by atoms with E-state index in [4.69, 9.17) is 11.1 Å². The monoisotopic (exact) mass is 484 g/mol. The standard InChI is InChI=1S/C13H15ClSi.2ClH.Hf/c1-2-11-15(14,12-7-3-4-8-12)13-9-5-6-10-13;;;/h3,5,7,9H,2,4,6,11H2,1H3;2*1H;/q-2;;;+4/p-2. The van der Waals surface area contributed by atoms with Crippen molar-refractivity contribution in [3.63, 3.8) is 0 Å². The molecule has 0 amide bonds. The van der Waals surface area contributed by atoms with Crippen LogP contribution in [0.4, 0.5) is 0 Å². The van der Waals surface area contributed by atoms with Gasteiger partial charge in [-0.25, -0.2) is 22.5 Å². The Morgan fingerprint density at radius 1 is 1.11 bits per heavy atom. The molecule has 0 spiro atoms. The molecule has 2 rings (SSSR count). The zero-order valence-electron chi connectivity index (χ0n) is 10.3. The summed E-state index contributed by atoms with van der Waals surface area (Å²) in [4.78, 5) is 0. The first-order chi connectivity index (χ1) is 7.27. The molecule has 0 saturated heterocycles. The van der Waals surface area contributed by atoms with E-state index in [-0.39, 0.29) is 50.7 Å². The quantitative estimate of drug-likeness (QED) is 0.247. The molecule has 0 aromatic carbocycles. The van der Waals surface area contributed by atoms with E-state index in [1.54, 1.807) is 0 Å². The number of allylic oxidation sites excluding steroid dienone is 8. The van der Waals surface area contributed by atoms with Crippen LogP contribution in [0, 0.1) is 12.2 Å². The first kappa shape index (κ1) is 21.2. The number of hydrogen-bond acceptors (Lipinski definition) is 0. The second-order valence-electron chi connectivity index (χ2n) is 3.95. The molecule has 2 aliphatic rings. The largest absolute Gasteiger partial charge is 4.00 e. The number of halogens is 3. The minimum atomic E-state index is -1.97. The predicted octanol–water partition coefficient (Wildman–Crippen LogP) is -1.96. The molecule has 0 aliphatic heterocycles. The Labute approximate surface area is 147 Å². The Morgan fingerprint density at radius 3 is 1.83 bits per heavy atom. The molecular formula is C13H15Cl3HfSi. The molecule has 0 N–H and O–H groups in total. The van der Waals surface area contributed by atoms with Crippen molar-refractivity contribution in [1.29, 1.82) is 0 Å². The summed E-state index contributed by atoms with van der Waals surface area (Å²) in [6, 6.07) is 1.09. The maximum Gasteiger partial charge on any atom is 4.00 e. The van der Waals surface area contributed by atoms with Gasteiger partial charge in [-0.2, -0.15) is 23.2 Å². The summed E-state index contributed by atoms with van der Waals surface area (Å²) in [5.41, 5.74) is 0. The van der Waals surface area contributed by atoms with E-state index in [1.165, 1.54) is 10.4 Å². The molecule has 0 bridgehead atoms. The van der Waals surface area contributed by atoms with Gasteiger partial charge >= 0.3 is 25.8 Å². The first-order valence-corrected chi connectivity index (χ1v) is 8.74. The van der Waals surface area contributed by atoms with E-state index in [1.807, 2.05) is 0 Å². The molecule has 0 fully saturated rings. The normalized spacial score (nSPS) is 16.3. The molecule has 2 aliphatic carbocycles. The van der Waals surface area contributed by atoms with Crippen molar-refractivity contribution < 1.29 is 50.7 Å². The van der Waals surface area contributed by atoms with E-state index < -0.39 is 7.38 Å². The summed E-state index contributed by atoms with van der Waals surface area (Å²) < 4.78 is 0. The Balaban J connectivity index is 0. The minimum absolute atomic E-state index is 0. The molecular weight excluding hydrogens is 469 g/mol. The van der Waals surface area contributed by atoms with Crippen molar-refractivity contribution in [3.8, 4) is 0 Å². The summed E-state index contributed by atoms with van der Waals surface area (Å²) in [6.07, 6.45) is 18.4. The average molecular weight is 484 g/mol. The van der Waals surface area contributed by atoms with Gasteiger partial charge in [0.1, 0.15) is 7.38 Å². The maximum atomic E-state index is 6.89. The molecule has 0 radical (unpaired) electrons. The van der Waals surface area contributed by atoms with E-state index in [0.717, 1.165) is 25.3 Å². The average Bonchev–Trinajstić information content (AvgIpc) is 2.92. The van der Waals surface area contributed by atoms with Crippen LogP contribution < -0.4 is 24.8 Å². The molecule has 96 valence electrons. The van der Waals surface area contributed by atoms with Crippen LogP contribution in [0.5, 0.6) is 0 Å². The molecule has 0 saturated carbocycles. The van der Waals surface area contributed by atoms with Gasteiger partial charge in [0.15, 0.2) is 0 Å². The minimum Gasteiger partial charge on any atom is -1.00 e. The summed E-state index contributed by atoms with van der Waals surface area (Å²) in [5, 5.41) is 2.53. The summed E-state index contributed by atoms with van der Waals surface area (Å²) in [6.45, 7) is 2.20. The van der Waals surface area contributed by atoms with Gasteiger partial charge in [-0.1, -0.05) is 13.3 Å². The van der Waals surface area contributed by atoms with Crippen LogP contribution >= 0.6 is 11.1 Å². The van der Waals surface area contributed by atoms with Gasteiger partial charge in [-0.15, -0.1) is 12.8 Å². The van der Waals surface area contributed by atoms with E-state index in [9.17, 15) is 0 Å². The van der Waals surface area contributed by atoms with Gasteiger partial charge < -0.3 is 24.8 Å². The van der Waals surface area contributed by atoms with Crippen LogP contribution in [0.25, 0.3) is 0 Å². The Bertz CT molecular complexity index is 342.